The second kappa shape index (κ2) is 5.93. The van der Waals surface area contributed by atoms with E-state index in [0.29, 0.717) is 0 Å². The van der Waals surface area contributed by atoms with Gasteiger partial charge in [0, 0.05) is 0 Å². The summed E-state index contributed by atoms with van der Waals surface area (Å²) in [5.74, 6) is -1.19. The van der Waals surface area contributed by atoms with Crippen LogP contribution in [0.3, 0.4) is 0 Å². The highest BCUT2D eigenvalue weighted by Gasteiger charge is 2.46. The van der Waals surface area contributed by atoms with Gasteiger partial charge in [0.25, 0.3) is 0 Å². The highest BCUT2D eigenvalue weighted by atomic mass is 16.4. The normalized spacial score (nSPS) is 15.7. The minimum atomic E-state index is -1.01. The Morgan fingerprint density at radius 3 is 1.84 bits per heavy atom. The summed E-state index contributed by atoms with van der Waals surface area (Å²) in [7, 11) is 0. The van der Waals surface area contributed by atoms with Crippen molar-refractivity contribution in [1.29, 1.82) is 0 Å². The monoisotopic (exact) mass is 271 g/mol. The van der Waals surface area contributed by atoms with Crippen LogP contribution in [-0.4, -0.2) is 23.5 Å². The molecule has 0 aromatic carbocycles. The molecule has 4 heteroatoms. The van der Waals surface area contributed by atoms with Crippen LogP contribution in [0, 0.1) is 16.2 Å². The lowest BCUT2D eigenvalue weighted by molar-refractivity contribution is -0.144. The molecule has 0 radical (unpaired) electrons. The van der Waals surface area contributed by atoms with Crippen LogP contribution in [0.25, 0.3) is 0 Å². The first-order valence-corrected chi connectivity index (χ1v) is 6.86. The van der Waals surface area contributed by atoms with E-state index < -0.39 is 11.4 Å². The maximum Gasteiger partial charge on any atom is 0.322 e. The lowest BCUT2D eigenvalue weighted by atomic mass is 9.60. The van der Waals surface area contributed by atoms with Crippen LogP contribution in [0.2, 0.25) is 0 Å². The molecule has 2 N–H and O–H groups in total. The summed E-state index contributed by atoms with van der Waals surface area (Å²) >= 11 is 0. The molecule has 1 atom stereocenters. The summed E-state index contributed by atoms with van der Waals surface area (Å²) in [5.41, 5.74) is -0.785. The molecular weight excluding hydrogens is 242 g/mol. The zero-order chi connectivity index (χ0) is 15.5. The van der Waals surface area contributed by atoms with Crippen LogP contribution in [0.15, 0.2) is 0 Å². The van der Waals surface area contributed by atoms with Crippen molar-refractivity contribution in [3.63, 3.8) is 0 Å². The molecule has 0 aliphatic heterocycles. The van der Waals surface area contributed by atoms with Gasteiger partial charge in [-0.2, -0.15) is 0 Å². The molecule has 0 bridgehead atoms. The first-order valence-electron chi connectivity index (χ1n) is 6.86. The van der Waals surface area contributed by atoms with Crippen molar-refractivity contribution in [3.8, 4) is 0 Å². The van der Waals surface area contributed by atoms with Crippen LogP contribution in [0.1, 0.15) is 61.3 Å². The molecule has 112 valence electrons. The number of carbonyl (C=O) groups is 2. The van der Waals surface area contributed by atoms with Crippen molar-refractivity contribution in [2.75, 3.05) is 6.54 Å². The summed E-state index contributed by atoms with van der Waals surface area (Å²) in [6.07, 6.45) is 1.70. The number of carboxylic acids is 1. The number of nitrogens with one attached hydrogen (secondary N) is 1. The van der Waals surface area contributed by atoms with Crippen LogP contribution < -0.4 is 5.32 Å². The maximum atomic E-state index is 12.4. The maximum absolute atomic E-state index is 12.4. The fourth-order valence-electron chi connectivity index (χ4n) is 2.12. The van der Waals surface area contributed by atoms with E-state index in [-0.39, 0.29) is 23.3 Å². The van der Waals surface area contributed by atoms with E-state index in [1.807, 2.05) is 27.7 Å². The summed E-state index contributed by atoms with van der Waals surface area (Å²) in [6, 6.07) is 0. The average Bonchev–Trinajstić information content (AvgIpc) is 2.23. The van der Waals surface area contributed by atoms with Gasteiger partial charge in [-0.25, -0.2) is 0 Å². The Morgan fingerprint density at radius 2 is 1.53 bits per heavy atom. The topological polar surface area (TPSA) is 66.4 Å². The van der Waals surface area contributed by atoms with Gasteiger partial charge in [-0.05, 0) is 17.3 Å². The van der Waals surface area contributed by atoms with Crippen molar-refractivity contribution in [3.05, 3.63) is 0 Å². The molecule has 0 saturated carbocycles. The minimum Gasteiger partial charge on any atom is -0.480 e. The van der Waals surface area contributed by atoms with Crippen molar-refractivity contribution < 1.29 is 14.7 Å². The lowest BCUT2D eigenvalue weighted by Crippen LogP contribution is -2.50. The van der Waals surface area contributed by atoms with E-state index in [0.717, 1.165) is 12.8 Å². The Morgan fingerprint density at radius 1 is 1.05 bits per heavy atom. The molecule has 0 aliphatic rings. The average molecular weight is 271 g/mol. The largest absolute Gasteiger partial charge is 0.480 e. The molecule has 0 aromatic rings. The van der Waals surface area contributed by atoms with Gasteiger partial charge in [0.15, 0.2) is 0 Å². The molecule has 0 aromatic heterocycles. The van der Waals surface area contributed by atoms with Crippen molar-refractivity contribution in [2.24, 2.45) is 16.2 Å². The highest BCUT2D eigenvalue weighted by Crippen LogP contribution is 2.47. The van der Waals surface area contributed by atoms with Crippen LogP contribution in [0.5, 0.6) is 0 Å². The van der Waals surface area contributed by atoms with Gasteiger partial charge in [-0.3, -0.25) is 9.59 Å². The fraction of sp³-hybridized carbons (Fsp3) is 0.867. The number of hydrogen-bond donors (Lipinski definition) is 2. The quantitative estimate of drug-likeness (QED) is 0.780. The minimum absolute atomic E-state index is 0.0442. The van der Waals surface area contributed by atoms with Crippen molar-refractivity contribution in [2.45, 2.75) is 61.3 Å². The van der Waals surface area contributed by atoms with E-state index in [2.05, 4.69) is 26.1 Å². The molecule has 1 amide bonds. The summed E-state index contributed by atoms with van der Waals surface area (Å²) in [5, 5.41) is 11.2. The van der Waals surface area contributed by atoms with E-state index >= 15 is 0 Å². The molecule has 1 unspecified atom stereocenters. The number of amides is 1. The van der Waals surface area contributed by atoms with E-state index in [1.54, 1.807) is 0 Å². The fourth-order valence-corrected chi connectivity index (χ4v) is 2.12. The molecular formula is C15H29NO3. The van der Waals surface area contributed by atoms with Crippen LogP contribution in [-0.2, 0) is 9.59 Å². The molecule has 4 nitrogen and oxygen atoms in total. The third kappa shape index (κ3) is 4.84. The van der Waals surface area contributed by atoms with Crippen molar-refractivity contribution in [1.82, 2.24) is 5.32 Å². The molecule has 0 rings (SSSR count). The molecule has 0 spiro atoms. The predicted molar refractivity (Wildman–Crippen MR) is 76.9 cm³/mol. The van der Waals surface area contributed by atoms with Gasteiger partial charge in [0.2, 0.25) is 5.91 Å². The molecule has 19 heavy (non-hydrogen) atoms. The number of aliphatic carboxylic acids is 1. The molecule has 0 saturated heterocycles. The number of carboxylic acid groups (broad SMARTS) is 1. The lowest BCUT2D eigenvalue weighted by Gasteiger charge is -2.45. The highest BCUT2D eigenvalue weighted by molar-refractivity contribution is 5.86. The third-order valence-corrected chi connectivity index (χ3v) is 4.35. The second-order valence-electron chi connectivity index (χ2n) is 7.35. The first kappa shape index (κ1) is 17.9. The predicted octanol–water partition coefficient (Wildman–Crippen LogP) is 3.07. The van der Waals surface area contributed by atoms with Crippen molar-refractivity contribution >= 4 is 11.9 Å². The zero-order valence-corrected chi connectivity index (χ0v) is 13.4. The SMILES string of the molecule is CCC(C)(C)CC(C)(C(=O)NCC(=O)O)C(C)(C)C. The Bertz CT molecular complexity index is 342. The Kier molecular flexibility index (Phi) is 5.60. The smallest absolute Gasteiger partial charge is 0.322 e. The standard InChI is InChI=1S/C15H29NO3/c1-8-14(5,6)10-15(7,13(2,3)4)12(19)16-9-11(17)18/h8-10H2,1-7H3,(H,16,19)(H,17,18). The number of carbonyl (C=O) groups excluding carboxylic acids is 1. The van der Waals surface area contributed by atoms with E-state index in [9.17, 15) is 9.59 Å². The number of rotatable bonds is 6. The van der Waals surface area contributed by atoms with Gasteiger partial charge in [-0.15, -0.1) is 0 Å². The molecule has 0 heterocycles. The molecule has 0 fully saturated rings. The molecule has 0 aliphatic carbocycles. The summed E-state index contributed by atoms with van der Waals surface area (Å²) in [4.78, 5) is 23.0. The van der Waals surface area contributed by atoms with Gasteiger partial charge >= 0.3 is 5.97 Å². The summed E-state index contributed by atoms with van der Waals surface area (Å²) < 4.78 is 0. The Labute approximate surface area is 117 Å². The first-order chi connectivity index (χ1) is 8.35. The summed E-state index contributed by atoms with van der Waals surface area (Å²) in [6.45, 7) is 14.1. The van der Waals surface area contributed by atoms with E-state index in [1.165, 1.54) is 0 Å². The Hall–Kier alpha value is -1.06. The van der Waals surface area contributed by atoms with Crippen LogP contribution in [0.4, 0.5) is 0 Å². The second-order valence-corrected chi connectivity index (χ2v) is 7.35. The van der Waals surface area contributed by atoms with E-state index in [4.69, 9.17) is 5.11 Å². The van der Waals surface area contributed by atoms with Crippen LogP contribution >= 0.6 is 0 Å². The van der Waals surface area contributed by atoms with Gasteiger partial charge in [0.1, 0.15) is 6.54 Å². The Balaban J connectivity index is 5.20. The third-order valence-electron chi connectivity index (χ3n) is 4.35. The zero-order valence-electron chi connectivity index (χ0n) is 13.4. The van der Waals surface area contributed by atoms with Gasteiger partial charge in [0.05, 0.1) is 5.41 Å². The number of hydrogen-bond acceptors (Lipinski definition) is 2. The van der Waals surface area contributed by atoms with Gasteiger partial charge < -0.3 is 10.4 Å². The van der Waals surface area contributed by atoms with Gasteiger partial charge in [-0.1, -0.05) is 54.9 Å².